The largest absolute Gasteiger partial charge is 0.494 e. The van der Waals surface area contributed by atoms with Crippen molar-refractivity contribution in [3.63, 3.8) is 0 Å². The highest BCUT2D eigenvalue weighted by atomic mass is 79.9. The molecule has 1 amide bonds. The van der Waals surface area contributed by atoms with E-state index in [-0.39, 0.29) is 6.54 Å². The first kappa shape index (κ1) is 21.9. The van der Waals surface area contributed by atoms with Crippen LogP contribution in [0.25, 0.3) is 0 Å². The predicted octanol–water partition coefficient (Wildman–Crippen LogP) is 3.15. The maximum absolute atomic E-state index is 12.3. The average molecular weight is 468 g/mol. The zero-order chi connectivity index (χ0) is 20.7. The van der Waals surface area contributed by atoms with E-state index in [0.717, 1.165) is 20.6 Å². The van der Waals surface area contributed by atoms with Crippen LogP contribution in [0, 0.1) is 0 Å². The summed E-state index contributed by atoms with van der Waals surface area (Å²) in [4.78, 5) is 12.3. The monoisotopic (exact) mass is 467 g/mol. The van der Waals surface area contributed by atoms with Crippen molar-refractivity contribution in [1.29, 1.82) is 0 Å². The number of nitrogens with one attached hydrogen (secondary N) is 1. The Hall–Kier alpha value is -2.39. The van der Waals surface area contributed by atoms with Crippen molar-refractivity contribution in [2.24, 2.45) is 5.10 Å². The summed E-state index contributed by atoms with van der Waals surface area (Å²) < 4.78 is 31.6. The molecule has 0 unspecified atom stereocenters. The molecule has 1 N–H and O–H groups in total. The van der Waals surface area contributed by atoms with E-state index in [2.05, 4.69) is 26.5 Å². The third kappa shape index (κ3) is 6.35. The van der Waals surface area contributed by atoms with Gasteiger partial charge in [0.25, 0.3) is 5.91 Å². The summed E-state index contributed by atoms with van der Waals surface area (Å²) in [5.41, 5.74) is 4.22. The summed E-state index contributed by atoms with van der Waals surface area (Å²) in [5, 5.41) is 4.05. The van der Waals surface area contributed by atoms with Gasteiger partial charge in [0.05, 0.1) is 24.3 Å². The van der Waals surface area contributed by atoms with E-state index in [1.54, 1.807) is 31.2 Å². The Balaban J connectivity index is 2.10. The number of hydrogen-bond acceptors (Lipinski definition) is 5. The zero-order valence-corrected chi connectivity index (χ0v) is 18.2. The molecule has 0 fully saturated rings. The summed E-state index contributed by atoms with van der Waals surface area (Å²) in [6.07, 6.45) is 1.05. The minimum atomic E-state index is -3.66. The fourth-order valence-electron chi connectivity index (χ4n) is 2.34. The molecule has 0 saturated carbocycles. The predicted molar refractivity (Wildman–Crippen MR) is 114 cm³/mol. The van der Waals surface area contributed by atoms with Gasteiger partial charge in [0.2, 0.25) is 10.0 Å². The van der Waals surface area contributed by atoms with Crippen molar-refractivity contribution in [2.45, 2.75) is 13.8 Å². The number of hydrazone groups is 1. The molecule has 2 aromatic carbocycles. The van der Waals surface area contributed by atoms with Crippen LogP contribution in [-0.2, 0) is 14.8 Å². The molecule has 0 atom stereocenters. The SMILES string of the molecule is CCOc1ccc(N(CC(=O)N/N=C(/C)c2ccc(Br)cc2)S(C)(=O)=O)cc1. The lowest BCUT2D eigenvalue weighted by molar-refractivity contribution is -0.119. The summed E-state index contributed by atoms with van der Waals surface area (Å²) in [5.74, 6) is 0.0784. The molecule has 2 rings (SSSR count). The van der Waals surface area contributed by atoms with Crippen LogP contribution >= 0.6 is 15.9 Å². The number of hydrogen-bond donors (Lipinski definition) is 1. The maximum atomic E-state index is 12.3. The molecule has 0 aliphatic carbocycles. The smallest absolute Gasteiger partial charge is 0.260 e. The normalized spacial score (nSPS) is 11.8. The van der Waals surface area contributed by atoms with Gasteiger partial charge in [-0.1, -0.05) is 28.1 Å². The number of rotatable bonds is 8. The Labute approximate surface area is 173 Å². The van der Waals surface area contributed by atoms with Crippen LogP contribution in [0.1, 0.15) is 19.4 Å². The Morgan fingerprint density at radius 1 is 1.14 bits per heavy atom. The third-order valence-corrected chi connectivity index (χ3v) is 5.40. The lowest BCUT2D eigenvalue weighted by Crippen LogP contribution is -2.39. The first-order valence-corrected chi connectivity index (χ1v) is 11.1. The second-order valence-electron chi connectivity index (χ2n) is 5.94. The van der Waals surface area contributed by atoms with Crippen LogP contribution in [-0.4, -0.2) is 39.4 Å². The quantitative estimate of drug-likeness (QED) is 0.476. The first-order chi connectivity index (χ1) is 13.2. The molecule has 28 heavy (non-hydrogen) atoms. The highest BCUT2D eigenvalue weighted by Crippen LogP contribution is 2.21. The molecule has 9 heteroatoms. The maximum Gasteiger partial charge on any atom is 0.260 e. The van der Waals surface area contributed by atoms with E-state index >= 15 is 0 Å². The number of nitrogens with zero attached hydrogens (tertiary/aromatic N) is 2. The Bertz CT molecular complexity index is 942. The molecular formula is C19H22BrN3O4S. The van der Waals surface area contributed by atoms with Crippen LogP contribution < -0.4 is 14.5 Å². The molecule has 0 aliphatic rings. The second kappa shape index (κ2) is 9.70. The van der Waals surface area contributed by atoms with Crippen LogP contribution in [0.15, 0.2) is 58.1 Å². The molecule has 0 bridgehead atoms. The van der Waals surface area contributed by atoms with Crippen LogP contribution in [0.5, 0.6) is 5.75 Å². The van der Waals surface area contributed by atoms with Crippen molar-refractivity contribution < 1.29 is 17.9 Å². The van der Waals surface area contributed by atoms with Gasteiger partial charge in [-0.25, -0.2) is 13.8 Å². The second-order valence-corrected chi connectivity index (χ2v) is 8.76. The molecule has 0 radical (unpaired) electrons. The zero-order valence-electron chi connectivity index (χ0n) is 15.8. The highest BCUT2D eigenvalue weighted by Gasteiger charge is 2.20. The average Bonchev–Trinajstić information content (AvgIpc) is 2.65. The fourth-order valence-corrected chi connectivity index (χ4v) is 3.46. The van der Waals surface area contributed by atoms with Crippen LogP contribution in [0.4, 0.5) is 5.69 Å². The van der Waals surface area contributed by atoms with E-state index in [4.69, 9.17) is 4.74 Å². The number of sulfonamides is 1. The number of carbonyl (C=O) groups is 1. The van der Waals surface area contributed by atoms with E-state index < -0.39 is 15.9 Å². The summed E-state index contributed by atoms with van der Waals surface area (Å²) in [7, 11) is -3.66. The molecule has 0 aliphatic heterocycles. The fraction of sp³-hybridized carbons (Fsp3) is 0.263. The van der Waals surface area contributed by atoms with Gasteiger partial charge in [-0.15, -0.1) is 0 Å². The number of amides is 1. The molecule has 0 aromatic heterocycles. The molecule has 7 nitrogen and oxygen atoms in total. The number of anilines is 1. The van der Waals surface area contributed by atoms with Crippen molar-refractivity contribution in [1.82, 2.24) is 5.43 Å². The minimum Gasteiger partial charge on any atom is -0.494 e. The lowest BCUT2D eigenvalue weighted by atomic mass is 10.1. The molecule has 2 aromatic rings. The topological polar surface area (TPSA) is 88.1 Å². The van der Waals surface area contributed by atoms with Gasteiger partial charge >= 0.3 is 0 Å². The summed E-state index contributed by atoms with van der Waals surface area (Å²) in [6.45, 7) is 3.74. The molecule has 150 valence electrons. The van der Waals surface area contributed by atoms with Gasteiger partial charge in [0.15, 0.2) is 0 Å². The van der Waals surface area contributed by atoms with E-state index in [0.29, 0.717) is 23.8 Å². The Kier molecular flexibility index (Phi) is 7.59. The number of carbonyl (C=O) groups excluding carboxylic acids is 1. The van der Waals surface area contributed by atoms with Gasteiger partial charge in [-0.3, -0.25) is 9.10 Å². The standard InChI is InChI=1S/C19H22BrN3O4S/c1-4-27-18-11-9-17(10-12-18)23(28(3,25)26)13-19(24)22-21-14(2)15-5-7-16(20)8-6-15/h5-12H,4,13H2,1-3H3,(H,22,24)/b21-14-. The van der Waals surface area contributed by atoms with Gasteiger partial charge in [-0.05, 0) is 55.8 Å². The Morgan fingerprint density at radius 2 is 1.75 bits per heavy atom. The van der Waals surface area contributed by atoms with Gasteiger partial charge in [0.1, 0.15) is 12.3 Å². The molecule has 0 heterocycles. The summed E-state index contributed by atoms with van der Waals surface area (Å²) >= 11 is 3.36. The molecular weight excluding hydrogens is 446 g/mol. The van der Waals surface area contributed by atoms with E-state index in [9.17, 15) is 13.2 Å². The summed E-state index contributed by atoms with van der Waals surface area (Å²) in [6, 6.07) is 14.0. The third-order valence-electron chi connectivity index (χ3n) is 3.73. The van der Waals surface area contributed by atoms with Gasteiger partial charge in [0, 0.05) is 4.47 Å². The molecule has 0 saturated heterocycles. The van der Waals surface area contributed by atoms with Crippen LogP contribution in [0.3, 0.4) is 0 Å². The van der Waals surface area contributed by atoms with Crippen molar-refractivity contribution in [3.8, 4) is 5.75 Å². The first-order valence-electron chi connectivity index (χ1n) is 8.50. The van der Waals surface area contributed by atoms with E-state index in [1.165, 1.54) is 0 Å². The van der Waals surface area contributed by atoms with Gasteiger partial charge < -0.3 is 4.74 Å². The lowest BCUT2D eigenvalue weighted by Gasteiger charge is -2.21. The van der Waals surface area contributed by atoms with Gasteiger partial charge in [-0.2, -0.15) is 5.10 Å². The number of ether oxygens (including phenoxy) is 1. The number of benzene rings is 2. The number of halogens is 1. The molecule has 0 spiro atoms. The minimum absolute atomic E-state index is 0.370. The Morgan fingerprint density at radius 3 is 2.29 bits per heavy atom. The van der Waals surface area contributed by atoms with Crippen molar-refractivity contribution >= 4 is 43.3 Å². The van der Waals surface area contributed by atoms with Crippen molar-refractivity contribution in [2.75, 3.05) is 23.7 Å². The van der Waals surface area contributed by atoms with Crippen molar-refractivity contribution in [3.05, 3.63) is 58.6 Å². The van der Waals surface area contributed by atoms with Crippen LogP contribution in [0.2, 0.25) is 0 Å². The highest BCUT2D eigenvalue weighted by molar-refractivity contribution is 9.10. The van der Waals surface area contributed by atoms with E-state index in [1.807, 2.05) is 31.2 Å².